The molecule has 0 aliphatic heterocycles. The summed E-state index contributed by atoms with van der Waals surface area (Å²) in [6.07, 6.45) is 1.69. The summed E-state index contributed by atoms with van der Waals surface area (Å²) in [6, 6.07) is 0. The molecule has 0 fully saturated rings. The van der Waals surface area contributed by atoms with Crippen molar-refractivity contribution in [1.82, 2.24) is 9.97 Å². The van der Waals surface area contributed by atoms with E-state index in [1.807, 2.05) is 4.98 Å². The van der Waals surface area contributed by atoms with Crippen LogP contribution in [0.25, 0.3) is 0 Å². The van der Waals surface area contributed by atoms with Gasteiger partial charge in [-0.25, -0.2) is 19.4 Å². The summed E-state index contributed by atoms with van der Waals surface area (Å²) in [7, 11) is 0. The third-order valence-electron chi connectivity index (χ3n) is 2.38. The van der Waals surface area contributed by atoms with E-state index in [-0.39, 0.29) is 49.4 Å². The van der Waals surface area contributed by atoms with Crippen LogP contribution in [-0.2, 0) is 28.6 Å². The standard InChI is InChI=1S/C8H11FO5.C7H7FN2O3.C2H4O2.CH4N2.Na/c1-3-13-7(11)5(9)6(10)8(12)14-4-2;1-2-13-7(12)5-4(8)6(11)10-3-9-5;1-2(3)4;2-1-3;/h10H,3-4H2,1-2H3;3H,2H2,1H3,(H,9,10,11);1H3,(H,3,4);1H,(H3,2,3);/q;;;;+1/p-1/b6-5+;;;;. The maximum Gasteiger partial charge on any atom is 1.00 e. The van der Waals surface area contributed by atoms with Gasteiger partial charge in [0, 0.05) is 12.7 Å². The van der Waals surface area contributed by atoms with Crippen LogP contribution in [0.5, 0.6) is 0 Å². The molecule has 1 rings (SSSR count). The van der Waals surface area contributed by atoms with E-state index in [0.29, 0.717) is 0 Å². The number of aromatic amines is 1. The molecule has 0 aliphatic rings. The van der Waals surface area contributed by atoms with Gasteiger partial charge < -0.3 is 35.1 Å². The van der Waals surface area contributed by atoms with Crippen molar-refractivity contribution in [2.24, 2.45) is 5.73 Å². The molecular weight excluding hydrogens is 493 g/mol. The first kappa shape index (κ1) is 38.9. The zero-order chi connectivity index (χ0) is 27.3. The molecule has 0 spiro atoms. The Morgan fingerprint density at radius 3 is 1.94 bits per heavy atom. The fraction of sp³-hybridized carbons (Fsp3) is 0.389. The van der Waals surface area contributed by atoms with Crippen LogP contribution in [0.2, 0.25) is 0 Å². The summed E-state index contributed by atoms with van der Waals surface area (Å²) in [5.74, 6) is -9.23. The summed E-state index contributed by atoms with van der Waals surface area (Å²) >= 11 is 0. The van der Waals surface area contributed by atoms with Crippen LogP contribution in [0.15, 0.2) is 22.7 Å². The Kier molecular flexibility index (Phi) is 26.4. The number of nitrogens with two attached hydrogens (primary N) is 1. The molecule has 5 N–H and O–H groups in total. The van der Waals surface area contributed by atoms with Crippen LogP contribution in [0, 0.1) is 11.2 Å². The Labute approximate surface area is 220 Å². The topological polar surface area (TPSA) is 235 Å². The molecule has 0 saturated carbocycles. The fourth-order valence-electron chi connectivity index (χ4n) is 1.30. The first-order chi connectivity index (χ1) is 15.9. The van der Waals surface area contributed by atoms with Crippen LogP contribution in [0.4, 0.5) is 8.78 Å². The number of nitrogens with one attached hydrogen (secondary N) is 2. The number of hydrogen-bond acceptors (Lipinski definition) is 11. The van der Waals surface area contributed by atoms with Crippen molar-refractivity contribution in [3.63, 3.8) is 0 Å². The molecule has 0 aromatic carbocycles. The Morgan fingerprint density at radius 2 is 1.54 bits per heavy atom. The largest absolute Gasteiger partial charge is 1.00 e. The molecule has 1 aromatic heterocycles. The number of aliphatic carboxylic acids is 1. The predicted octanol–water partition coefficient (Wildman–Crippen LogP) is -3.61. The molecule has 0 saturated heterocycles. The number of hydrogen-bond donors (Lipinski definition) is 4. The number of carbonyl (C=O) groups is 4. The molecule has 35 heavy (non-hydrogen) atoms. The average molecular weight is 518 g/mol. The van der Waals surface area contributed by atoms with Gasteiger partial charge in [-0.3, -0.25) is 15.0 Å². The van der Waals surface area contributed by atoms with E-state index in [4.69, 9.17) is 15.3 Å². The summed E-state index contributed by atoms with van der Waals surface area (Å²) < 4.78 is 38.4. The maximum atomic E-state index is 12.9. The number of nitrogens with zero attached hydrogens (tertiary/aromatic N) is 1. The van der Waals surface area contributed by atoms with E-state index < -0.39 is 52.5 Å². The minimum absolute atomic E-state index is 0. The maximum absolute atomic E-state index is 12.9. The molecule has 0 amide bonds. The summed E-state index contributed by atoms with van der Waals surface area (Å²) in [5, 5.41) is 24.0. The van der Waals surface area contributed by atoms with Crippen LogP contribution >= 0.6 is 0 Å². The molecule has 0 atom stereocenters. The van der Waals surface area contributed by atoms with E-state index in [1.165, 1.54) is 13.8 Å². The number of carbonyl (C=O) groups excluding carboxylic acids is 3. The Hall–Kier alpha value is -3.37. The second kappa shape index (κ2) is 23.8. The zero-order valence-corrected chi connectivity index (χ0v) is 21.7. The summed E-state index contributed by atoms with van der Waals surface area (Å²) in [4.78, 5) is 57.2. The van der Waals surface area contributed by atoms with Crippen molar-refractivity contribution in [3.8, 4) is 0 Å². The molecule has 0 bridgehead atoms. The average Bonchev–Trinajstić information content (AvgIpc) is 2.75. The van der Waals surface area contributed by atoms with Crippen LogP contribution in [0.1, 0.15) is 38.2 Å². The Balaban J connectivity index is -0.000000212. The number of rotatable bonds is 6. The van der Waals surface area contributed by atoms with Crippen molar-refractivity contribution in [2.45, 2.75) is 27.7 Å². The smallest absolute Gasteiger partial charge is 0.865 e. The SMILES string of the molecule is CC(=O)O.CCOC(=O)/C([O-])=C(\F)C(=O)OCC.CCOC(=O)c1nc[nH]c(=O)c1F.N=CN.[Na+]. The van der Waals surface area contributed by atoms with Gasteiger partial charge in [0.05, 0.1) is 32.5 Å². The van der Waals surface area contributed by atoms with Gasteiger partial charge >= 0.3 is 47.5 Å². The molecular formula is C18H25F2N4NaO10. The van der Waals surface area contributed by atoms with Gasteiger partial charge in [-0.15, -0.1) is 0 Å². The number of aromatic nitrogens is 2. The monoisotopic (exact) mass is 518 g/mol. The second-order valence-corrected chi connectivity index (χ2v) is 4.88. The number of H-pyrrole nitrogens is 1. The van der Waals surface area contributed by atoms with Crippen molar-refractivity contribution in [2.75, 3.05) is 19.8 Å². The normalized spacial score (nSPS) is 9.31. The van der Waals surface area contributed by atoms with Crippen LogP contribution in [0.3, 0.4) is 0 Å². The van der Waals surface area contributed by atoms with Gasteiger partial charge in [-0.2, -0.15) is 8.78 Å². The van der Waals surface area contributed by atoms with Gasteiger partial charge in [-0.05, 0) is 20.8 Å². The van der Waals surface area contributed by atoms with Gasteiger partial charge in [0.1, 0.15) is 0 Å². The van der Waals surface area contributed by atoms with Gasteiger partial charge in [-0.1, -0.05) is 0 Å². The number of halogens is 2. The number of carboxylic acid groups (broad SMARTS) is 1. The third-order valence-corrected chi connectivity index (χ3v) is 2.38. The van der Waals surface area contributed by atoms with Gasteiger partial charge in [0.25, 0.3) is 11.5 Å². The van der Waals surface area contributed by atoms with Crippen molar-refractivity contribution in [3.05, 3.63) is 39.8 Å². The molecule has 0 unspecified atom stereocenters. The van der Waals surface area contributed by atoms with E-state index in [1.54, 1.807) is 6.92 Å². The van der Waals surface area contributed by atoms with Crippen molar-refractivity contribution >= 4 is 30.2 Å². The van der Waals surface area contributed by atoms with E-state index in [9.17, 15) is 33.1 Å². The molecule has 1 aromatic rings. The molecule has 0 aliphatic carbocycles. The summed E-state index contributed by atoms with van der Waals surface area (Å²) in [5.41, 5.74) is 2.81. The molecule has 1 heterocycles. The van der Waals surface area contributed by atoms with Crippen molar-refractivity contribution in [1.29, 1.82) is 5.41 Å². The molecule has 17 heteroatoms. The number of carboxylic acids is 1. The Bertz CT molecular complexity index is 880. The minimum atomic E-state index is -1.76. The number of ether oxygens (including phenoxy) is 3. The second-order valence-electron chi connectivity index (χ2n) is 4.88. The predicted molar refractivity (Wildman–Crippen MR) is 108 cm³/mol. The summed E-state index contributed by atoms with van der Waals surface area (Å²) in [6.45, 7) is 5.51. The van der Waals surface area contributed by atoms with E-state index >= 15 is 0 Å². The first-order valence-electron chi connectivity index (χ1n) is 9.07. The first-order valence-corrected chi connectivity index (χ1v) is 9.07. The van der Waals surface area contributed by atoms with Crippen LogP contribution in [-0.4, -0.2) is 65.1 Å². The fourth-order valence-corrected chi connectivity index (χ4v) is 1.30. The number of esters is 3. The minimum Gasteiger partial charge on any atom is -0.865 e. The molecule has 192 valence electrons. The van der Waals surface area contributed by atoms with Crippen molar-refractivity contribution < 1.29 is 81.9 Å². The Morgan fingerprint density at radius 1 is 1.14 bits per heavy atom. The third kappa shape index (κ3) is 19.8. The molecule has 0 radical (unpaired) electrons. The van der Waals surface area contributed by atoms with E-state index in [0.717, 1.165) is 19.6 Å². The van der Waals surface area contributed by atoms with Gasteiger partial charge in [0.2, 0.25) is 11.6 Å². The zero-order valence-electron chi connectivity index (χ0n) is 19.7. The van der Waals surface area contributed by atoms with Crippen LogP contribution < -0.4 is 46.0 Å². The molecule has 14 nitrogen and oxygen atoms in total. The quantitative estimate of drug-likeness (QED) is 0.0543. The van der Waals surface area contributed by atoms with E-state index in [2.05, 4.69) is 24.9 Å². The van der Waals surface area contributed by atoms with Gasteiger partial charge in [0.15, 0.2) is 5.69 Å².